The Balaban J connectivity index is 2.60. The lowest BCUT2D eigenvalue weighted by Gasteiger charge is -2.09. The van der Waals surface area contributed by atoms with Gasteiger partial charge in [0.15, 0.2) is 10.9 Å². The van der Waals surface area contributed by atoms with Crippen LogP contribution >= 0.6 is 11.6 Å². The minimum absolute atomic E-state index is 0.257. The lowest BCUT2D eigenvalue weighted by Crippen LogP contribution is -1.97. The predicted molar refractivity (Wildman–Crippen MR) is 67.9 cm³/mol. The summed E-state index contributed by atoms with van der Waals surface area (Å²) >= 11 is 5.92. The molecule has 4 N–H and O–H groups in total. The van der Waals surface area contributed by atoms with E-state index in [0.29, 0.717) is 22.8 Å². The number of nitrogen functional groups attached to an aromatic ring is 2. The molecule has 17 heavy (non-hydrogen) atoms. The van der Waals surface area contributed by atoms with Crippen molar-refractivity contribution < 1.29 is 4.74 Å². The van der Waals surface area contributed by atoms with E-state index in [-0.39, 0.29) is 5.15 Å². The third-order valence-corrected chi connectivity index (χ3v) is 2.59. The first-order valence-corrected chi connectivity index (χ1v) is 5.21. The monoisotopic (exact) mass is 250 g/mol. The van der Waals surface area contributed by atoms with E-state index < -0.39 is 0 Å². The first-order chi connectivity index (χ1) is 8.13. The van der Waals surface area contributed by atoms with Crippen LogP contribution in [0.15, 0.2) is 24.5 Å². The predicted octanol–water partition coefficient (Wildman–Crippen LogP) is 1.97. The Morgan fingerprint density at radius 1 is 1.18 bits per heavy atom. The maximum Gasteiger partial charge on any atom is 0.182 e. The number of methoxy groups -OCH3 is 1. The molecule has 2 rings (SSSR count). The molecule has 88 valence electrons. The lowest BCUT2D eigenvalue weighted by atomic mass is 10.1. The van der Waals surface area contributed by atoms with Gasteiger partial charge < -0.3 is 16.2 Å². The van der Waals surface area contributed by atoms with Crippen molar-refractivity contribution in [3.8, 4) is 17.0 Å². The summed E-state index contributed by atoms with van der Waals surface area (Å²) in [5.74, 6) is 0.415. The Morgan fingerprint density at radius 3 is 2.59 bits per heavy atom. The van der Waals surface area contributed by atoms with E-state index in [1.807, 2.05) is 0 Å². The first kappa shape index (κ1) is 11.5. The Bertz CT molecular complexity index is 559. The number of anilines is 2. The Kier molecular flexibility index (Phi) is 3.01. The molecular formula is C11H11ClN4O. The molecule has 1 aromatic heterocycles. The molecule has 0 saturated carbocycles. The number of halogens is 1. The number of nitrogens with two attached hydrogens (primary N) is 2. The molecule has 1 heterocycles. The van der Waals surface area contributed by atoms with Crippen molar-refractivity contribution in [2.24, 2.45) is 0 Å². The third-order valence-electron chi connectivity index (χ3n) is 2.32. The number of hydrogen-bond acceptors (Lipinski definition) is 5. The quantitative estimate of drug-likeness (QED) is 0.629. The highest BCUT2D eigenvalue weighted by Crippen LogP contribution is 2.34. The van der Waals surface area contributed by atoms with E-state index in [2.05, 4.69) is 9.97 Å². The molecular weight excluding hydrogens is 240 g/mol. The maximum absolute atomic E-state index is 5.92. The maximum atomic E-state index is 5.92. The molecule has 6 heteroatoms. The number of nitrogens with zero attached hydrogens (tertiary/aromatic N) is 2. The van der Waals surface area contributed by atoms with Gasteiger partial charge in [-0.1, -0.05) is 17.7 Å². The molecule has 0 aliphatic carbocycles. The summed E-state index contributed by atoms with van der Waals surface area (Å²) in [6.45, 7) is 0. The van der Waals surface area contributed by atoms with Crippen molar-refractivity contribution >= 4 is 23.0 Å². The number of hydrogen-bond donors (Lipinski definition) is 2. The van der Waals surface area contributed by atoms with Gasteiger partial charge in [0.2, 0.25) is 0 Å². The molecule has 0 saturated heterocycles. The van der Waals surface area contributed by atoms with Gasteiger partial charge in [-0.15, -0.1) is 0 Å². The topological polar surface area (TPSA) is 87.0 Å². The second-order valence-corrected chi connectivity index (χ2v) is 3.75. The van der Waals surface area contributed by atoms with Gasteiger partial charge in [-0.3, -0.25) is 0 Å². The van der Waals surface area contributed by atoms with Crippen LogP contribution in [0.4, 0.5) is 11.4 Å². The van der Waals surface area contributed by atoms with E-state index in [4.69, 9.17) is 27.8 Å². The zero-order chi connectivity index (χ0) is 12.4. The standard InChI is InChI=1S/C11H11ClN4O/c1-17-10-9(15-5-16-11(10)12)6-2-3-7(13)8(14)4-6/h2-5H,13-14H2,1H3. The van der Waals surface area contributed by atoms with Crippen LogP contribution in [-0.2, 0) is 0 Å². The van der Waals surface area contributed by atoms with Crippen molar-refractivity contribution in [3.63, 3.8) is 0 Å². The Hall–Kier alpha value is -2.01. The highest BCUT2D eigenvalue weighted by Gasteiger charge is 2.12. The van der Waals surface area contributed by atoms with Crippen LogP contribution < -0.4 is 16.2 Å². The van der Waals surface area contributed by atoms with Gasteiger partial charge in [0.05, 0.1) is 18.5 Å². The number of benzene rings is 1. The molecule has 1 aromatic carbocycles. The van der Waals surface area contributed by atoms with Crippen LogP contribution in [0, 0.1) is 0 Å². The molecule has 0 bridgehead atoms. The van der Waals surface area contributed by atoms with Crippen molar-refractivity contribution in [2.75, 3.05) is 18.6 Å². The van der Waals surface area contributed by atoms with Crippen LogP contribution in [0.2, 0.25) is 5.15 Å². The summed E-state index contributed by atoms with van der Waals surface area (Å²) in [5.41, 5.74) is 13.8. The average molecular weight is 251 g/mol. The van der Waals surface area contributed by atoms with Gasteiger partial charge in [-0.25, -0.2) is 9.97 Å². The molecule has 0 aliphatic heterocycles. The third kappa shape index (κ3) is 2.09. The fourth-order valence-corrected chi connectivity index (χ4v) is 1.67. The Morgan fingerprint density at radius 2 is 1.94 bits per heavy atom. The van der Waals surface area contributed by atoms with Gasteiger partial charge in [-0.2, -0.15) is 0 Å². The van der Waals surface area contributed by atoms with Crippen LogP contribution in [0.5, 0.6) is 5.75 Å². The molecule has 5 nitrogen and oxygen atoms in total. The molecule has 0 fully saturated rings. The summed E-state index contributed by atoms with van der Waals surface area (Å²) in [7, 11) is 1.51. The summed E-state index contributed by atoms with van der Waals surface area (Å²) in [6.07, 6.45) is 1.37. The fourth-order valence-electron chi connectivity index (χ4n) is 1.46. The average Bonchev–Trinajstić information content (AvgIpc) is 2.32. The molecule has 0 spiro atoms. The fraction of sp³-hybridized carbons (Fsp3) is 0.0909. The molecule has 0 amide bonds. The molecule has 2 aromatic rings. The number of aromatic nitrogens is 2. The highest BCUT2D eigenvalue weighted by molar-refractivity contribution is 6.31. The highest BCUT2D eigenvalue weighted by atomic mass is 35.5. The van der Waals surface area contributed by atoms with Gasteiger partial charge in [0.25, 0.3) is 0 Å². The first-order valence-electron chi connectivity index (χ1n) is 4.83. The van der Waals surface area contributed by atoms with Crippen LogP contribution in [0.25, 0.3) is 11.3 Å². The van der Waals surface area contributed by atoms with E-state index in [1.165, 1.54) is 13.4 Å². The van der Waals surface area contributed by atoms with Gasteiger partial charge in [0, 0.05) is 5.56 Å². The minimum Gasteiger partial charge on any atom is -0.491 e. The lowest BCUT2D eigenvalue weighted by molar-refractivity contribution is 0.413. The SMILES string of the molecule is COc1c(Cl)ncnc1-c1ccc(N)c(N)c1. The Labute approximate surface area is 103 Å². The number of rotatable bonds is 2. The van der Waals surface area contributed by atoms with Crippen molar-refractivity contribution in [1.29, 1.82) is 0 Å². The summed E-state index contributed by atoms with van der Waals surface area (Å²) in [4.78, 5) is 7.98. The summed E-state index contributed by atoms with van der Waals surface area (Å²) < 4.78 is 5.17. The van der Waals surface area contributed by atoms with E-state index in [1.54, 1.807) is 18.2 Å². The molecule has 0 aliphatic rings. The zero-order valence-electron chi connectivity index (χ0n) is 9.14. The minimum atomic E-state index is 0.257. The second kappa shape index (κ2) is 4.47. The van der Waals surface area contributed by atoms with E-state index >= 15 is 0 Å². The largest absolute Gasteiger partial charge is 0.491 e. The van der Waals surface area contributed by atoms with Crippen molar-refractivity contribution in [2.45, 2.75) is 0 Å². The van der Waals surface area contributed by atoms with Crippen LogP contribution in [-0.4, -0.2) is 17.1 Å². The van der Waals surface area contributed by atoms with E-state index in [9.17, 15) is 0 Å². The molecule has 0 unspecified atom stereocenters. The van der Waals surface area contributed by atoms with Crippen LogP contribution in [0.1, 0.15) is 0 Å². The molecule has 0 radical (unpaired) electrons. The van der Waals surface area contributed by atoms with E-state index in [0.717, 1.165) is 5.56 Å². The van der Waals surface area contributed by atoms with Crippen molar-refractivity contribution in [3.05, 3.63) is 29.7 Å². The van der Waals surface area contributed by atoms with Crippen molar-refractivity contribution in [1.82, 2.24) is 9.97 Å². The number of ether oxygens (including phenoxy) is 1. The smallest absolute Gasteiger partial charge is 0.182 e. The van der Waals surface area contributed by atoms with Crippen LogP contribution in [0.3, 0.4) is 0 Å². The van der Waals surface area contributed by atoms with Gasteiger partial charge in [-0.05, 0) is 12.1 Å². The molecule has 0 atom stereocenters. The van der Waals surface area contributed by atoms with Gasteiger partial charge in [0.1, 0.15) is 12.0 Å². The van der Waals surface area contributed by atoms with Gasteiger partial charge >= 0.3 is 0 Å². The zero-order valence-corrected chi connectivity index (χ0v) is 9.90. The summed E-state index contributed by atoms with van der Waals surface area (Å²) in [5, 5.41) is 0.257. The normalized spacial score (nSPS) is 10.2. The summed E-state index contributed by atoms with van der Waals surface area (Å²) in [6, 6.07) is 5.23. The second-order valence-electron chi connectivity index (χ2n) is 3.39.